The van der Waals surface area contributed by atoms with Crippen LogP contribution in [0.3, 0.4) is 0 Å². The predicted molar refractivity (Wildman–Crippen MR) is 111 cm³/mol. The lowest BCUT2D eigenvalue weighted by Crippen LogP contribution is -2.87. The van der Waals surface area contributed by atoms with E-state index in [0.717, 1.165) is 11.1 Å². The average Bonchev–Trinajstić information content (AvgIpc) is 2.77. The monoisotopic (exact) mass is 388 g/mol. The van der Waals surface area contributed by atoms with E-state index >= 15 is 0 Å². The summed E-state index contributed by atoms with van der Waals surface area (Å²) in [7, 11) is 0. The summed E-state index contributed by atoms with van der Waals surface area (Å²) in [4.78, 5) is 14.4. The van der Waals surface area contributed by atoms with Gasteiger partial charge in [0.2, 0.25) is 0 Å². The summed E-state index contributed by atoms with van der Waals surface area (Å²) in [5, 5.41) is 10.9. The standard InChI is InChI=1S/C24H22FN3O/c25-21-14-7-8-15-22(21)28(17-9-16-26)23(29)18-27-24(19-10-3-1-4-11-19)20-12-5-2-6-13-20/h1-8,10-15,24,27H,9,17-18H2/p+1. The molecule has 0 spiro atoms. The number of hydrogen-bond acceptors (Lipinski definition) is 2. The number of nitrogens with zero attached hydrogens (tertiary/aromatic N) is 2. The first-order valence-corrected chi connectivity index (χ1v) is 9.55. The van der Waals surface area contributed by atoms with Crippen molar-refractivity contribution < 1.29 is 14.5 Å². The number of halogens is 1. The summed E-state index contributed by atoms with van der Waals surface area (Å²) in [5.41, 5.74) is 2.37. The first-order chi connectivity index (χ1) is 14.2. The van der Waals surface area contributed by atoms with E-state index in [1.54, 1.807) is 18.2 Å². The number of carbonyl (C=O) groups excluding carboxylic acids is 1. The quantitative estimate of drug-likeness (QED) is 0.643. The van der Waals surface area contributed by atoms with E-state index in [1.165, 1.54) is 11.0 Å². The fourth-order valence-corrected chi connectivity index (χ4v) is 3.33. The van der Waals surface area contributed by atoms with Gasteiger partial charge in [0.1, 0.15) is 11.9 Å². The van der Waals surface area contributed by atoms with Gasteiger partial charge in [0, 0.05) is 17.7 Å². The summed E-state index contributed by atoms with van der Waals surface area (Å²) in [6.45, 7) is 0.291. The highest BCUT2D eigenvalue weighted by Gasteiger charge is 2.23. The Morgan fingerprint density at radius 2 is 1.48 bits per heavy atom. The Hall–Kier alpha value is -3.49. The van der Waals surface area contributed by atoms with E-state index in [9.17, 15) is 9.18 Å². The third-order valence-electron chi connectivity index (χ3n) is 4.74. The molecule has 3 aromatic carbocycles. The number of carbonyl (C=O) groups is 1. The maximum atomic E-state index is 14.3. The molecule has 3 aromatic rings. The topological polar surface area (TPSA) is 60.7 Å². The number of rotatable bonds is 8. The van der Waals surface area contributed by atoms with Crippen molar-refractivity contribution in [1.29, 1.82) is 5.26 Å². The number of hydrogen-bond donors (Lipinski definition) is 1. The third kappa shape index (κ3) is 5.28. The zero-order valence-corrected chi connectivity index (χ0v) is 16.0. The molecule has 29 heavy (non-hydrogen) atoms. The SMILES string of the molecule is N#CCCN(C(=O)C[NH2+]C(c1ccccc1)c1ccccc1)c1ccccc1F. The van der Waals surface area contributed by atoms with E-state index in [1.807, 2.05) is 72.0 Å². The molecule has 0 radical (unpaired) electrons. The van der Waals surface area contributed by atoms with E-state index in [-0.39, 0.29) is 37.1 Å². The summed E-state index contributed by atoms with van der Waals surface area (Å²) >= 11 is 0. The number of para-hydroxylation sites is 1. The number of benzene rings is 3. The zero-order valence-electron chi connectivity index (χ0n) is 16.0. The Labute approximate surface area is 170 Å². The molecule has 0 unspecified atom stereocenters. The lowest BCUT2D eigenvalue weighted by molar-refractivity contribution is -0.676. The van der Waals surface area contributed by atoms with Crippen LogP contribution < -0.4 is 10.2 Å². The molecule has 2 N–H and O–H groups in total. The molecule has 1 amide bonds. The summed E-state index contributed by atoms with van der Waals surface area (Å²) in [5.74, 6) is -0.705. The molecule has 0 saturated carbocycles. The van der Waals surface area contributed by atoms with E-state index < -0.39 is 5.82 Å². The van der Waals surface area contributed by atoms with Crippen molar-refractivity contribution in [2.75, 3.05) is 18.0 Å². The fourth-order valence-electron chi connectivity index (χ4n) is 3.33. The zero-order chi connectivity index (χ0) is 20.5. The van der Waals surface area contributed by atoms with E-state index in [0.29, 0.717) is 0 Å². The molecule has 0 saturated heterocycles. The maximum Gasteiger partial charge on any atom is 0.282 e. The molecule has 0 aliphatic heterocycles. The largest absolute Gasteiger partial charge is 0.328 e. The molecule has 0 fully saturated rings. The van der Waals surface area contributed by atoms with Gasteiger partial charge in [-0.25, -0.2) is 4.39 Å². The minimum atomic E-state index is -0.471. The lowest BCUT2D eigenvalue weighted by Gasteiger charge is -2.23. The molecule has 0 bridgehead atoms. The Kier molecular flexibility index (Phi) is 7.10. The molecule has 0 aromatic heterocycles. The fraction of sp³-hybridized carbons (Fsp3) is 0.167. The molecule has 146 valence electrons. The van der Waals surface area contributed by atoms with Gasteiger partial charge in [-0.05, 0) is 12.1 Å². The van der Waals surface area contributed by atoms with Gasteiger partial charge < -0.3 is 10.2 Å². The summed E-state index contributed by atoms with van der Waals surface area (Å²) < 4.78 is 14.3. The number of amides is 1. The minimum absolute atomic E-state index is 0.0558. The van der Waals surface area contributed by atoms with Crippen LogP contribution in [0, 0.1) is 17.1 Å². The van der Waals surface area contributed by atoms with Crippen LogP contribution in [-0.4, -0.2) is 19.0 Å². The number of quaternary nitrogens is 1. The number of nitriles is 1. The summed E-state index contributed by atoms with van der Waals surface area (Å²) in [6.07, 6.45) is 0.140. The lowest BCUT2D eigenvalue weighted by atomic mass is 9.99. The van der Waals surface area contributed by atoms with Crippen molar-refractivity contribution in [2.45, 2.75) is 12.5 Å². The Bertz CT molecular complexity index is 931. The highest BCUT2D eigenvalue weighted by atomic mass is 19.1. The van der Waals surface area contributed by atoms with Crippen LogP contribution in [0.4, 0.5) is 10.1 Å². The number of nitrogens with two attached hydrogens (primary N) is 1. The molecular formula is C24H23FN3O+. The van der Waals surface area contributed by atoms with Crippen molar-refractivity contribution in [3.63, 3.8) is 0 Å². The smallest absolute Gasteiger partial charge is 0.282 e. The van der Waals surface area contributed by atoms with Crippen LogP contribution in [0.25, 0.3) is 0 Å². The van der Waals surface area contributed by atoms with Crippen LogP contribution in [0.15, 0.2) is 84.9 Å². The van der Waals surface area contributed by atoms with Crippen LogP contribution in [0.2, 0.25) is 0 Å². The molecular weight excluding hydrogens is 365 g/mol. The normalized spacial score (nSPS) is 10.5. The van der Waals surface area contributed by atoms with Crippen LogP contribution in [-0.2, 0) is 4.79 Å². The molecule has 4 nitrogen and oxygen atoms in total. The predicted octanol–water partition coefficient (Wildman–Crippen LogP) is 3.43. The Morgan fingerprint density at radius 1 is 0.931 bits per heavy atom. The van der Waals surface area contributed by atoms with Gasteiger partial charge in [0.25, 0.3) is 5.91 Å². The molecule has 0 aliphatic rings. The molecule has 0 heterocycles. The van der Waals surface area contributed by atoms with Gasteiger partial charge >= 0.3 is 0 Å². The van der Waals surface area contributed by atoms with Gasteiger partial charge in [0.05, 0.1) is 18.2 Å². The van der Waals surface area contributed by atoms with Gasteiger partial charge in [-0.3, -0.25) is 4.79 Å². The van der Waals surface area contributed by atoms with Gasteiger partial charge in [-0.1, -0.05) is 72.8 Å². The second-order valence-corrected chi connectivity index (χ2v) is 6.64. The third-order valence-corrected chi connectivity index (χ3v) is 4.74. The van der Waals surface area contributed by atoms with Gasteiger partial charge in [0.15, 0.2) is 6.54 Å². The van der Waals surface area contributed by atoms with Gasteiger partial charge in [-0.2, -0.15) is 5.26 Å². The Balaban J connectivity index is 1.81. The second kappa shape index (κ2) is 10.2. The van der Waals surface area contributed by atoms with E-state index in [2.05, 4.69) is 0 Å². The average molecular weight is 388 g/mol. The number of anilines is 1. The second-order valence-electron chi connectivity index (χ2n) is 6.64. The van der Waals surface area contributed by atoms with Crippen molar-refractivity contribution in [3.8, 4) is 6.07 Å². The Morgan fingerprint density at radius 3 is 2.03 bits per heavy atom. The van der Waals surface area contributed by atoms with Crippen molar-refractivity contribution >= 4 is 11.6 Å². The molecule has 0 atom stereocenters. The first kappa shape index (κ1) is 20.2. The highest BCUT2D eigenvalue weighted by Crippen LogP contribution is 2.20. The minimum Gasteiger partial charge on any atom is -0.328 e. The summed E-state index contributed by atoms with van der Waals surface area (Å²) in [6, 6.07) is 28.1. The van der Waals surface area contributed by atoms with Crippen LogP contribution in [0.5, 0.6) is 0 Å². The first-order valence-electron chi connectivity index (χ1n) is 9.55. The molecule has 0 aliphatic carbocycles. The van der Waals surface area contributed by atoms with Gasteiger partial charge in [-0.15, -0.1) is 0 Å². The van der Waals surface area contributed by atoms with Crippen molar-refractivity contribution in [2.24, 2.45) is 0 Å². The maximum absolute atomic E-state index is 14.3. The molecule has 5 heteroatoms. The molecule has 3 rings (SSSR count). The van der Waals surface area contributed by atoms with E-state index in [4.69, 9.17) is 5.26 Å². The van der Waals surface area contributed by atoms with Crippen molar-refractivity contribution in [1.82, 2.24) is 0 Å². The van der Waals surface area contributed by atoms with Crippen LogP contribution >= 0.6 is 0 Å². The highest BCUT2D eigenvalue weighted by molar-refractivity contribution is 5.94. The van der Waals surface area contributed by atoms with Crippen molar-refractivity contribution in [3.05, 3.63) is 102 Å². The van der Waals surface area contributed by atoms with Crippen LogP contribution in [0.1, 0.15) is 23.6 Å².